The number of nitrogens with one attached hydrogen (secondary N) is 3. The van der Waals surface area contributed by atoms with Crippen molar-refractivity contribution in [1.29, 1.82) is 0 Å². The van der Waals surface area contributed by atoms with Crippen molar-refractivity contribution in [3.63, 3.8) is 0 Å². The van der Waals surface area contributed by atoms with Crippen molar-refractivity contribution in [2.75, 3.05) is 45.6 Å². The molecule has 0 unspecified atom stereocenters. The molecule has 0 saturated heterocycles. The zero-order valence-electron chi connectivity index (χ0n) is 38.1. The number of benzene rings is 3. The molecule has 4 bridgehead atoms. The van der Waals surface area contributed by atoms with Crippen LogP contribution in [-0.2, 0) is 31.0 Å². The van der Waals surface area contributed by atoms with E-state index < -0.39 is 72.2 Å². The Labute approximate surface area is 393 Å². The van der Waals surface area contributed by atoms with Crippen molar-refractivity contribution in [2.45, 2.75) is 82.6 Å². The summed E-state index contributed by atoms with van der Waals surface area (Å²) < 4.78 is 12.0. The molecule has 14 N–H and O–H groups in total. The molecule has 0 radical (unpaired) electrons. The topological polar surface area (TPSA) is 321 Å². The molecule has 2 heterocycles. The SMILES string of the molecule is C[C@@H]1NC(=O)[C@@H](N(C)C(=O)[C@H](CCN)NC(=O)c2c(N)cc(-c3ccc(C(C)(C)C)cc3)nc2Cl)c2cc(OC[C@H](O)CN)c(O)c(c2)-c2cc(ccc2OCCCN)C[C@@H](C(=O)O)NC1=O. The number of nitrogens with zero attached hydrogens (tertiary/aromatic N) is 2. The molecule has 1 aliphatic rings. The van der Waals surface area contributed by atoms with Crippen LogP contribution >= 0.6 is 11.6 Å². The van der Waals surface area contributed by atoms with Crippen LogP contribution in [0.4, 0.5) is 5.69 Å². The Morgan fingerprint density at radius 2 is 1.66 bits per heavy atom. The van der Waals surface area contributed by atoms with Gasteiger partial charge in [-0.25, -0.2) is 9.78 Å². The molecule has 360 valence electrons. The van der Waals surface area contributed by atoms with Crippen LogP contribution in [-0.4, -0.2) is 119 Å². The van der Waals surface area contributed by atoms with E-state index in [1.807, 2.05) is 24.3 Å². The summed E-state index contributed by atoms with van der Waals surface area (Å²) in [6, 6.07) is 10.7. The summed E-state index contributed by atoms with van der Waals surface area (Å²) in [6.45, 7) is 7.34. The zero-order chi connectivity index (χ0) is 49.3. The maximum Gasteiger partial charge on any atom is 0.326 e. The Balaban J connectivity index is 1.62. The molecule has 0 spiro atoms. The maximum atomic E-state index is 14.7. The van der Waals surface area contributed by atoms with Crippen LogP contribution < -0.4 is 48.4 Å². The van der Waals surface area contributed by atoms with E-state index in [0.717, 1.165) is 10.5 Å². The van der Waals surface area contributed by atoms with E-state index in [-0.39, 0.29) is 82.5 Å². The summed E-state index contributed by atoms with van der Waals surface area (Å²) in [6.07, 6.45) is -1.06. The lowest BCUT2D eigenvalue weighted by molar-refractivity contribution is -0.143. The monoisotopic (exact) mass is 945 g/mol. The molecule has 0 fully saturated rings. The number of carboxylic acids is 1. The molecule has 3 aromatic carbocycles. The highest BCUT2D eigenvalue weighted by atomic mass is 35.5. The second-order valence-corrected chi connectivity index (χ2v) is 17.7. The average Bonchev–Trinajstić information content (AvgIpc) is 3.27. The number of carboxylic acid groups (broad SMARTS) is 1. The number of carbonyl (C=O) groups excluding carboxylic acids is 4. The van der Waals surface area contributed by atoms with Gasteiger partial charge < -0.3 is 68.6 Å². The predicted octanol–water partition coefficient (Wildman–Crippen LogP) is 2.36. The quantitative estimate of drug-likeness (QED) is 0.0570. The Kier molecular flexibility index (Phi) is 17.1. The number of hydrogen-bond donors (Lipinski definition) is 10. The molecule has 67 heavy (non-hydrogen) atoms. The number of aromatic hydroxyl groups is 1. The highest BCUT2D eigenvalue weighted by Crippen LogP contribution is 2.45. The van der Waals surface area contributed by atoms with Gasteiger partial charge >= 0.3 is 5.97 Å². The number of fused-ring (bicyclic) bond motifs is 5. The first-order chi connectivity index (χ1) is 31.7. The number of ether oxygens (including phenoxy) is 2. The van der Waals surface area contributed by atoms with Crippen LogP contribution in [0.5, 0.6) is 17.2 Å². The Bertz CT molecular complexity index is 2440. The van der Waals surface area contributed by atoms with Crippen molar-refractivity contribution < 1.29 is 48.8 Å². The molecule has 1 aromatic heterocycles. The number of pyridine rings is 1. The number of aliphatic hydroxyl groups excluding tert-OH is 1. The number of hydrogen-bond acceptors (Lipinski definition) is 14. The van der Waals surface area contributed by atoms with Crippen LogP contribution in [0, 0.1) is 0 Å². The van der Waals surface area contributed by atoms with Crippen molar-refractivity contribution in [1.82, 2.24) is 25.8 Å². The average molecular weight is 947 g/mol. The number of rotatable bonds is 16. The van der Waals surface area contributed by atoms with Gasteiger partial charge in [0.2, 0.25) is 17.7 Å². The molecule has 4 amide bonds. The predicted molar refractivity (Wildman–Crippen MR) is 252 cm³/mol. The Morgan fingerprint density at radius 1 is 0.955 bits per heavy atom. The number of carbonyl (C=O) groups is 5. The molecule has 0 saturated carbocycles. The van der Waals surface area contributed by atoms with E-state index in [1.54, 1.807) is 18.2 Å². The minimum Gasteiger partial charge on any atom is -0.504 e. The fourth-order valence-electron chi connectivity index (χ4n) is 7.38. The summed E-state index contributed by atoms with van der Waals surface area (Å²) in [7, 11) is 1.28. The van der Waals surface area contributed by atoms with Crippen LogP contribution in [0.1, 0.15) is 73.6 Å². The number of aliphatic carboxylic acids is 1. The van der Waals surface area contributed by atoms with Gasteiger partial charge in [0.25, 0.3) is 5.91 Å². The van der Waals surface area contributed by atoms with Crippen molar-refractivity contribution in [3.8, 4) is 39.6 Å². The smallest absolute Gasteiger partial charge is 0.326 e. The molecule has 4 aromatic rings. The molecule has 5 rings (SSSR count). The normalized spacial score (nSPS) is 17.3. The van der Waals surface area contributed by atoms with Crippen LogP contribution in [0.3, 0.4) is 0 Å². The Hall–Kier alpha value is -6.51. The fraction of sp³-hybridized carbons (Fsp3) is 0.404. The van der Waals surface area contributed by atoms with Gasteiger partial charge in [0.1, 0.15) is 47.8 Å². The first kappa shape index (κ1) is 51.5. The van der Waals surface area contributed by atoms with E-state index in [4.69, 9.17) is 44.0 Å². The van der Waals surface area contributed by atoms with Crippen LogP contribution in [0.2, 0.25) is 5.15 Å². The lowest BCUT2D eigenvalue weighted by Gasteiger charge is -2.33. The van der Waals surface area contributed by atoms with Gasteiger partial charge in [-0.15, -0.1) is 0 Å². The van der Waals surface area contributed by atoms with Crippen LogP contribution in [0.15, 0.2) is 60.7 Å². The van der Waals surface area contributed by atoms with E-state index in [1.165, 1.54) is 32.2 Å². The molecule has 1 aliphatic heterocycles. The van der Waals surface area contributed by atoms with Gasteiger partial charge in [-0.2, -0.15) is 0 Å². The van der Waals surface area contributed by atoms with E-state index in [0.29, 0.717) is 29.8 Å². The van der Waals surface area contributed by atoms with Gasteiger partial charge in [0, 0.05) is 42.4 Å². The highest BCUT2D eigenvalue weighted by Gasteiger charge is 2.37. The summed E-state index contributed by atoms with van der Waals surface area (Å²) in [5, 5.41) is 39.8. The van der Waals surface area contributed by atoms with Crippen molar-refractivity contribution in [2.24, 2.45) is 17.2 Å². The van der Waals surface area contributed by atoms with Crippen molar-refractivity contribution >= 4 is 46.9 Å². The number of anilines is 1. The number of halogens is 1. The number of aliphatic hydroxyl groups is 1. The lowest BCUT2D eigenvalue weighted by Crippen LogP contribution is -2.55. The van der Waals surface area contributed by atoms with E-state index in [9.17, 15) is 39.3 Å². The number of aromatic nitrogens is 1. The number of likely N-dealkylation sites (N-methyl/N-ethyl adjacent to an activating group) is 1. The third kappa shape index (κ3) is 12.5. The highest BCUT2D eigenvalue weighted by molar-refractivity contribution is 6.33. The van der Waals surface area contributed by atoms with E-state index >= 15 is 0 Å². The Morgan fingerprint density at radius 3 is 2.27 bits per heavy atom. The third-order valence-electron chi connectivity index (χ3n) is 11.2. The van der Waals surface area contributed by atoms with Gasteiger partial charge in [0.15, 0.2) is 11.5 Å². The molecule has 19 nitrogen and oxygen atoms in total. The molecule has 5 atom stereocenters. The summed E-state index contributed by atoms with van der Waals surface area (Å²) in [5.74, 6) is -5.30. The second-order valence-electron chi connectivity index (χ2n) is 17.3. The minimum absolute atomic E-state index is 0.0250. The molecular weight excluding hydrogens is 886 g/mol. The first-order valence-corrected chi connectivity index (χ1v) is 22.1. The number of phenols is 1. The van der Waals surface area contributed by atoms with E-state index in [2.05, 4.69) is 41.7 Å². The van der Waals surface area contributed by atoms with Gasteiger partial charge in [0.05, 0.1) is 17.9 Å². The van der Waals surface area contributed by atoms with Gasteiger partial charge in [-0.05, 0) is 85.3 Å². The first-order valence-electron chi connectivity index (χ1n) is 21.7. The summed E-state index contributed by atoms with van der Waals surface area (Å²) in [5.41, 5.74) is 26.3. The lowest BCUT2D eigenvalue weighted by atomic mass is 9.86. The molecular formula is C47H60ClN9O10. The standard InChI is InChI=1S/C47H60ClN9O10/c1-24-42(60)56-35(46(64)65)18-25-7-12-36(66-16-6-14-49)30(17-25)31-19-27(20-37(40(31)59)67-23-29(58)22-51)39(44(62)53-24)57(5)45(63)33(13-15-50)55-43(61)38-32(52)21-34(54-41(38)48)26-8-10-28(11-9-26)47(2,3)4/h7-12,17,19-21,24,29,33,35,39,58-59H,6,13-16,18,22-23,49-51H2,1-5H3,(H2,52,54)(H,53,62)(H,55,61)(H,56,60)(H,64,65)/t24-,29+,33-,35-,39-/m0/s1. The van der Waals surface area contributed by atoms with Crippen molar-refractivity contribution in [3.05, 3.63) is 88.1 Å². The maximum absolute atomic E-state index is 14.7. The largest absolute Gasteiger partial charge is 0.504 e. The second kappa shape index (κ2) is 22.3. The fourth-order valence-corrected chi connectivity index (χ4v) is 7.66. The molecule has 20 heteroatoms. The number of phenolic OH excluding ortho intramolecular Hbond substituents is 1. The number of amides is 4. The summed E-state index contributed by atoms with van der Waals surface area (Å²) >= 11 is 6.62. The third-order valence-corrected chi connectivity index (χ3v) is 11.5. The minimum atomic E-state index is -1.65. The zero-order valence-corrected chi connectivity index (χ0v) is 38.9. The number of nitrogens with two attached hydrogens (primary N) is 4. The van der Waals surface area contributed by atoms with Crippen LogP contribution in [0.25, 0.3) is 22.4 Å². The molecule has 0 aliphatic carbocycles. The van der Waals surface area contributed by atoms with Gasteiger partial charge in [-0.3, -0.25) is 19.2 Å². The number of nitrogen functional groups attached to an aromatic ring is 1. The van der Waals surface area contributed by atoms with Gasteiger partial charge in [-0.1, -0.05) is 62.7 Å². The summed E-state index contributed by atoms with van der Waals surface area (Å²) in [4.78, 5) is 74.8.